The van der Waals surface area contributed by atoms with Crippen LogP contribution in [0, 0.1) is 12.9 Å². The minimum absolute atomic E-state index is 0.0322. The van der Waals surface area contributed by atoms with E-state index < -0.39 is 5.95 Å². The second kappa shape index (κ2) is 6.25. The average molecular weight is 349 g/mol. The summed E-state index contributed by atoms with van der Waals surface area (Å²) < 4.78 is 14.2. The highest BCUT2D eigenvalue weighted by Gasteiger charge is 2.31. The van der Waals surface area contributed by atoms with E-state index in [0.717, 1.165) is 5.56 Å². The number of carbonyl (C=O) groups excluding carboxylic acids is 1. The number of nitrogens with two attached hydrogens (primary N) is 1. The van der Waals surface area contributed by atoms with Crippen LogP contribution in [0.1, 0.15) is 39.6 Å². The van der Waals surface area contributed by atoms with Gasteiger partial charge < -0.3 is 5.73 Å². The van der Waals surface area contributed by atoms with Crippen LogP contribution in [0.15, 0.2) is 36.8 Å². The molecule has 0 aromatic carbocycles. The predicted molar refractivity (Wildman–Crippen MR) is 94.0 cm³/mol. The van der Waals surface area contributed by atoms with Gasteiger partial charge in [-0.05, 0) is 48.6 Å². The summed E-state index contributed by atoms with van der Waals surface area (Å²) in [5.74, 6) is -0.591. The van der Waals surface area contributed by atoms with Crippen LogP contribution in [0.4, 0.5) is 10.3 Å². The number of hydrogen-bond donors (Lipinski definition) is 1. The van der Waals surface area contributed by atoms with Crippen LogP contribution in [0.3, 0.4) is 0 Å². The smallest absolute Gasteiger partial charge is 0.220 e. The molecule has 0 bridgehead atoms. The third-order valence-electron chi connectivity index (χ3n) is 4.67. The molecule has 3 aromatic rings. The summed E-state index contributed by atoms with van der Waals surface area (Å²) in [5.41, 5.74) is 9.41. The molecular formula is C19H16FN5O. The molecule has 1 aliphatic rings. The molecule has 0 amide bonds. The minimum Gasteiger partial charge on any atom is -0.368 e. The van der Waals surface area contributed by atoms with Crippen LogP contribution in [0.5, 0.6) is 0 Å². The first kappa shape index (κ1) is 16.3. The zero-order valence-corrected chi connectivity index (χ0v) is 14.1. The zero-order chi connectivity index (χ0) is 18.3. The zero-order valence-electron chi connectivity index (χ0n) is 14.1. The molecule has 0 fully saturated rings. The van der Waals surface area contributed by atoms with E-state index in [1.165, 1.54) is 6.20 Å². The largest absolute Gasteiger partial charge is 0.368 e. The van der Waals surface area contributed by atoms with Gasteiger partial charge in [-0.2, -0.15) is 4.39 Å². The fraction of sp³-hybridized carbons (Fsp3) is 0.211. The molecule has 3 heterocycles. The minimum atomic E-state index is -0.551. The Morgan fingerprint density at radius 2 is 2.00 bits per heavy atom. The van der Waals surface area contributed by atoms with E-state index in [0.29, 0.717) is 40.9 Å². The number of aromatic nitrogens is 4. The van der Waals surface area contributed by atoms with E-state index in [-0.39, 0.29) is 17.6 Å². The number of fused-ring (bicyclic) bond motifs is 1. The number of nitrogens with zero attached hydrogens (tertiary/aromatic N) is 4. The summed E-state index contributed by atoms with van der Waals surface area (Å²) in [6.45, 7) is 1.76. The first-order valence-corrected chi connectivity index (χ1v) is 8.25. The van der Waals surface area contributed by atoms with Gasteiger partial charge in [0.1, 0.15) is 0 Å². The highest BCUT2D eigenvalue weighted by atomic mass is 19.1. The number of carbonyl (C=O) groups is 1. The molecule has 0 spiro atoms. The SMILES string of the molecule is Cc1nc(N)nc2c1C(=O)CC(c1cnccc1-c1cccnc1F)C2. The van der Waals surface area contributed by atoms with Crippen molar-refractivity contribution in [2.45, 2.75) is 25.7 Å². The quantitative estimate of drug-likeness (QED) is 0.715. The van der Waals surface area contributed by atoms with Gasteiger partial charge >= 0.3 is 0 Å². The first-order chi connectivity index (χ1) is 12.5. The number of ketones is 1. The number of halogens is 1. The molecule has 130 valence electrons. The van der Waals surface area contributed by atoms with Gasteiger partial charge in [-0.1, -0.05) is 0 Å². The molecule has 0 radical (unpaired) electrons. The second-order valence-corrected chi connectivity index (χ2v) is 6.32. The summed E-state index contributed by atoms with van der Waals surface area (Å²) in [7, 11) is 0. The molecule has 0 saturated heterocycles. The Labute approximate surface area is 149 Å². The highest BCUT2D eigenvalue weighted by molar-refractivity contribution is 6.00. The van der Waals surface area contributed by atoms with Gasteiger partial charge in [0.05, 0.1) is 17.0 Å². The molecule has 1 atom stereocenters. The summed E-state index contributed by atoms with van der Waals surface area (Å²) in [6.07, 6.45) is 5.51. The van der Waals surface area contributed by atoms with Crippen LogP contribution in [-0.2, 0) is 6.42 Å². The molecule has 1 aliphatic carbocycles. The lowest BCUT2D eigenvalue weighted by Crippen LogP contribution is -2.23. The van der Waals surface area contributed by atoms with E-state index in [1.54, 1.807) is 37.5 Å². The maximum Gasteiger partial charge on any atom is 0.220 e. The van der Waals surface area contributed by atoms with Crippen molar-refractivity contribution in [3.8, 4) is 11.1 Å². The van der Waals surface area contributed by atoms with E-state index in [1.807, 2.05) is 0 Å². The Hall–Kier alpha value is -3.22. The fourth-order valence-corrected chi connectivity index (χ4v) is 3.58. The lowest BCUT2D eigenvalue weighted by Gasteiger charge is -2.25. The summed E-state index contributed by atoms with van der Waals surface area (Å²) >= 11 is 0. The number of pyridine rings is 2. The molecule has 4 rings (SSSR count). The van der Waals surface area contributed by atoms with Crippen LogP contribution in [0.25, 0.3) is 11.1 Å². The van der Waals surface area contributed by atoms with Crippen molar-refractivity contribution < 1.29 is 9.18 Å². The maximum absolute atomic E-state index is 14.2. The van der Waals surface area contributed by atoms with Gasteiger partial charge in [-0.15, -0.1) is 0 Å². The van der Waals surface area contributed by atoms with Crippen LogP contribution in [0.2, 0.25) is 0 Å². The molecule has 7 heteroatoms. The number of Topliss-reactive ketones (excluding diaryl/α,β-unsaturated/α-hetero) is 1. The van der Waals surface area contributed by atoms with Gasteiger partial charge in [0.2, 0.25) is 11.9 Å². The van der Waals surface area contributed by atoms with E-state index in [4.69, 9.17) is 5.73 Å². The van der Waals surface area contributed by atoms with Crippen LogP contribution in [-0.4, -0.2) is 25.7 Å². The monoisotopic (exact) mass is 349 g/mol. The fourth-order valence-electron chi connectivity index (χ4n) is 3.58. The molecular weight excluding hydrogens is 333 g/mol. The lowest BCUT2D eigenvalue weighted by atomic mass is 9.79. The first-order valence-electron chi connectivity index (χ1n) is 8.25. The van der Waals surface area contributed by atoms with E-state index in [2.05, 4.69) is 19.9 Å². The molecule has 2 N–H and O–H groups in total. The van der Waals surface area contributed by atoms with Crippen molar-refractivity contribution in [1.82, 2.24) is 19.9 Å². The summed E-state index contributed by atoms with van der Waals surface area (Å²) in [4.78, 5) is 28.9. The van der Waals surface area contributed by atoms with Gasteiger partial charge in [0, 0.05) is 30.6 Å². The normalized spacial score (nSPS) is 16.4. The number of hydrogen-bond acceptors (Lipinski definition) is 6. The van der Waals surface area contributed by atoms with Crippen LogP contribution >= 0.6 is 0 Å². The van der Waals surface area contributed by atoms with Crippen molar-refractivity contribution in [3.05, 3.63) is 65.3 Å². The van der Waals surface area contributed by atoms with Gasteiger partial charge in [0.15, 0.2) is 5.78 Å². The van der Waals surface area contributed by atoms with Crippen molar-refractivity contribution in [3.63, 3.8) is 0 Å². The predicted octanol–water partition coefficient (Wildman–Crippen LogP) is 2.88. The van der Waals surface area contributed by atoms with Crippen molar-refractivity contribution >= 4 is 11.7 Å². The second-order valence-electron chi connectivity index (χ2n) is 6.32. The standard InChI is InChI=1S/C19H16FN5O/c1-10-17-15(25-19(21)24-10)7-11(8-16(17)26)14-9-22-6-4-12(14)13-3-2-5-23-18(13)20/h2-6,9,11H,7-8H2,1H3,(H2,21,24,25). The van der Waals surface area contributed by atoms with E-state index in [9.17, 15) is 9.18 Å². The van der Waals surface area contributed by atoms with Crippen molar-refractivity contribution in [2.75, 3.05) is 5.73 Å². The maximum atomic E-state index is 14.2. The van der Waals surface area contributed by atoms with Gasteiger partial charge in [-0.3, -0.25) is 9.78 Å². The van der Waals surface area contributed by atoms with Crippen molar-refractivity contribution in [2.24, 2.45) is 0 Å². The Kier molecular flexibility index (Phi) is 3.91. The molecule has 0 saturated carbocycles. The van der Waals surface area contributed by atoms with E-state index >= 15 is 0 Å². The lowest BCUT2D eigenvalue weighted by molar-refractivity contribution is 0.0962. The number of anilines is 1. The Morgan fingerprint density at radius 3 is 2.81 bits per heavy atom. The number of aryl methyl sites for hydroxylation is 1. The number of rotatable bonds is 2. The molecule has 6 nitrogen and oxygen atoms in total. The molecule has 26 heavy (non-hydrogen) atoms. The Balaban J connectivity index is 1.81. The average Bonchev–Trinajstić information content (AvgIpc) is 2.61. The van der Waals surface area contributed by atoms with Crippen molar-refractivity contribution in [1.29, 1.82) is 0 Å². The van der Waals surface area contributed by atoms with Gasteiger partial charge in [0.25, 0.3) is 0 Å². The summed E-state index contributed by atoms with van der Waals surface area (Å²) in [5, 5.41) is 0. The molecule has 3 aromatic heterocycles. The van der Waals surface area contributed by atoms with Crippen LogP contribution < -0.4 is 5.73 Å². The molecule has 1 unspecified atom stereocenters. The number of nitrogen functional groups attached to an aromatic ring is 1. The van der Waals surface area contributed by atoms with Gasteiger partial charge in [-0.25, -0.2) is 15.0 Å². The Morgan fingerprint density at radius 1 is 1.15 bits per heavy atom. The molecule has 0 aliphatic heterocycles. The highest BCUT2D eigenvalue weighted by Crippen LogP contribution is 2.37. The topological polar surface area (TPSA) is 94.7 Å². The Bertz CT molecular complexity index is 1020. The summed E-state index contributed by atoms with van der Waals surface area (Å²) in [6, 6.07) is 5.10. The third kappa shape index (κ3) is 2.71. The third-order valence-corrected chi connectivity index (χ3v) is 4.67.